The van der Waals surface area contributed by atoms with Crippen LogP contribution in [0.4, 0.5) is 0 Å². The van der Waals surface area contributed by atoms with Crippen molar-refractivity contribution in [3.8, 4) is 0 Å². The molecule has 0 aliphatic carbocycles. The van der Waals surface area contributed by atoms with Gasteiger partial charge in [0.2, 0.25) is 0 Å². The van der Waals surface area contributed by atoms with Crippen LogP contribution in [0.3, 0.4) is 0 Å². The Kier molecular flexibility index (Phi) is 1.46. The molecule has 0 bridgehead atoms. The Labute approximate surface area is 61.9 Å². The predicted molar refractivity (Wildman–Crippen MR) is 39.9 cm³/mol. The van der Waals surface area contributed by atoms with Crippen LogP contribution in [0.1, 0.15) is 13.3 Å². The Balaban J connectivity index is 2.03. The zero-order valence-electron chi connectivity index (χ0n) is 6.52. The maximum Gasteiger partial charge on any atom is 0.0559 e. The molecule has 2 rings (SSSR count). The van der Waals surface area contributed by atoms with Crippen molar-refractivity contribution in [2.24, 2.45) is 11.3 Å². The topological polar surface area (TPSA) is 21.3 Å². The lowest BCUT2D eigenvalue weighted by atomic mass is 9.71. The number of hydrogen-bond donors (Lipinski definition) is 1. The smallest absolute Gasteiger partial charge is 0.0559 e. The number of nitrogens with one attached hydrogen (secondary N) is 1. The molecule has 0 saturated carbocycles. The SMILES string of the molecule is CC1CCNCC12COC2. The fraction of sp³-hybridized carbons (Fsp3) is 1.00. The van der Waals surface area contributed by atoms with E-state index in [0.717, 1.165) is 19.1 Å². The van der Waals surface area contributed by atoms with Crippen molar-refractivity contribution in [2.75, 3.05) is 26.3 Å². The summed E-state index contributed by atoms with van der Waals surface area (Å²) in [5.74, 6) is 0.863. The minimum absolute atomic E-state index is 0.526. The summed E-state index contributed by atoms with van der Waals surface area (Å²) < 4.78 is 5.25. The van der Waals surface area contributed by atoms with E-state index in [2.05, 4.69) is 12.2 Å². The molecule has 10 heavy (non-hydrogen) atoms. The molecule has 1 spiro atoms. The molecule has 0 amide bonds. The second-order valence-electron chi connectivity index (χ2n) is 3.72. The van der Waals surface area contributed by atoms with Crippen LogP contribution < -0.4 is 5.32 Å². The van der Waals surface area contributed by atoms with Crippen LogP contribution >= 0.6 is 0 Å². The van der Waals surface area contributed by atoms with Crippen molar-refractivity contribution in [1.29, 1.82) is 0 Å². The van der Waals surface area contributed by atoms with Gasteiger partial charge in [-0.3, -0.25) is 0 Å². The molecule has 1 atom stereocenters. The molecule has 2 heterocycles. The molecule has 2 fully saturated rings. The summed E-state index contributed by atoms with van der Waals surface area (Å²) in [7, 11) is 0. The summed E-state index contributed by atoms with van der Waals surface area (Å²) >= 11 is 0. The van der Waals surface area contributed by atoms with Crippen LogP contribution in [-0.2, 0) is 4.74 Å². The van der Waals surface area contributed by atoms with Gasteiger partial charge in [-0.15, -0.1) is 0 Å². The van der Waals surface area contributed by atoms with Gasteiger partial charge >= 0.3 is 0 Å². The zero-order valence-corrected chi connectivity index (χ0v) is 6.52. The van der Waals surface area contributed by atoms with Gasteiger partial charge in [0.05, 0.1) is 13.2 Å². The van der Waals surface area contributed by atoms with Crippen molar-refractivity contribution >= 4 is 0 Å². The first kappa shape index (κ1) is 6.62. The Bertz CT molecular complexity index is 131. The van der Waals surface area contributed by atoms with Gasteiger partial charge in [0, 0.05) is 12.0 Å². The molecule has 2 aliphatic rings. The van der Waals surface area contributed by atoms with Gasteiger partial charge in [0.25, 0.3) is 0 Å². The maximum absolute atomic E-state index is 5.25. The third-order valence-corrected chi connectivity index (χ3v) is 3.06. The number of hydrogen-bond acceptors (Lipinski definition) is 2. The van der Waals surface area contributed by atoms with Crippen molar-refractivity contribution in [2.45, 2.75) is 13.3 Å². The van der Waals surface area contributed by atoms with E-state index in [-0.39, 0.29) is 0 Å². The Hall–Kier alpha value is -0.0800. The van der Waals surface area contributed by atoms with Crippen molar-refractivity contribution in [1.82, 2.24) is 5.32 Å². The lowest BCUT2D eigenvalue weighted by molar-refractivity contribution is -0.149. The lowest BCUT2D eigenvalue weighted by Gasteiger charge is -2.49. The summed E-state index contributed by atoms with van der Waals surface area (Å²) in [6.45, 7) is 6.70. The van der Waals surface area contributed by atoms with Gasteiger partial charge in [-0.1, -0.05) is 6.92 Å². The molecular weight excluding hydrogens is 126 g/mol. The van der Waals surface area contributed by atoms with E-state index in [9.17, 15) is 0 Å². The van der Waals surface area contributed by atoms with E-state index in [1.165, 1.54) is 19.5 Å². The minimum atomic E-state index is 0.526. The first-order valence-electron chi connectivity index (χ1n) is 4.12. The van der Waals surface area contributed by atoms with Crippen LogP contribution in [-0.4, -0.2) is 26.3 Å². The zero-order chi connectivity index (χ0) is 7.03. The molecule has 0 radical (unpaired) electrons. The van der Waals surface area contributed by atoms with Gasteiger partial charge in [-0.2, -0.15) is 0 Å². The van der Waals surface area contributed by atoms with Crippen LogP contribution in [0.5, 0.6) is 0 Å². The summed E-state index contributed by atoms with van der Waals surface area (Å²) in [5.41, 5.74) is 0.526. The molecule has 2 heteroatoms. The van der Waals surface area contributed by atoms with Crippen LogP contribution in [0.2, 0.25) is 0 Å². The molecule has 2 aliphatic heterocycles. The Morgan fingerprint density at radius 1 is 1.50 bits per heavy atom. The average Bonchev–Trinajstić information content (AvgIpc) is 1.85. The second-order valence-corrected chi connectivity index (χ2v) is 3.72. The van der Waals surface area contributed by atoms with E-state index in [1.54, 1.807) is 0 Å². The molecule has 0 aromatic heterocycles. The number of piperidine rings is 1. The van der Waals surface area contributed by atoms with Crippen LogP contribution in [0.25, 0.3) is 0 Å². The van der Waals surface area contributed by atoms with E-state index in [4.69, 9.17) is 4.74 Å². The van der Waals surface area contributed by atoms with Crippen molar-refractivity contribution in [3.63, 3.8) is 0 Å². The van der Waals surface area contributed by atoms with Crippen LogP contribution in [0.15, 0.2) is 0 Å². The van der Waals surface area contributed by atoms with Gasteiger partial charge in [0.15, 0.2) is 0 Å². The molecule has 2 nitrogen and oxygen atoms in total. The van der Waals surface area contributed by atoms with E-state index in [1.807, 2.05) is 0 Å². The minimum Gasteiger partial charge on any atom is -0.380 e. The summed E-state index contributed by atoms with van der Waals surface area (Å²) in [4.78, 5) is 0. The first-order valence-corrected chi connectivity index (χ1v) is 4.12. The van der Waals surface area contributed by atoms with Crippen LogP contribution in [0, 0.1) is 11.3 Å². The number of ether oxygens (including phenoxy) is 1. The molecule has 2 saturated heterocycles. The summed E-state index contributed by atoms with van der Waals surface area (Å²) in [5, 5.41) is 3.43. The molecule has 0 aromatic carbocycles. The summed E-state index contributed by atoms with van der Waals surface area (Å²) in [6.07, 6.45) is 1.32. The summed E-state index contributed by atoms with van der Waals surface area (Å²) in [6, 6.07) is 0. The van der Waals surface area contributed by atoms with Crippen molar-refractivity contribution in [3.05, 3.63) is 0 Å². The fourth-order valence-corrected chi connectivity index (χ4v) is 1.89. The molecule has 1 unspecified atom stereocenters. The predicted octanol–water partition coefficient (Wildman–Crippen LogP) is 0.632. The molecule has 1 N–H and O–H groups in total. The fourth-order valence-electron chi connectivity index (χ4n) is 1.89. The molecule has 58 valence electrons. The third kappa shape index (κ3) is 0.789. The average molecular weight is 141 g/mol. The van der Waals surface area contributed by atoms with E-state index in [0.29, 0.717) is 5.41 Å². The highest BCUT2D eigenvalue weighted by molar-refractivity contribution is 4.94. The highest BCUT2D eigenvalue weighted by Crippen LogP contribution is 2.38. The largest absolute Gasteiger partial charge is 0.380 e. The third-order valence-electron chi connectivity index (χ3n) is 3.06. The lowest BCUT2D eigenvalue weighted by Crippen LogP contribution is -2.57. The normalized spacial score (nSPS) is 37.5. The maximum atomic E-state index is 5.25. The number of rotatable bonds is 0. The molecule has 0 aromatic rings. The highest BCUT2D eigenvalue weighted by atomic mass is 16.5. The van der Waals surface area contributed by atoms with E-state index >= 15 is 0 Å². The monoisotopic (exact) mass is 141 g/mol. The van der Waals surface area contributed by atoms with Gasteiger partial charge < -0.3 is 10.1 Å². The quantitative estimate of drug-likeness (QED) is 0.534. The first-order chi connectivity index (χ1) is 4.83. The van der Waals surface area contributed by atoms with Gasteiger partial charge in [-0.05, 0) is 18.9 Å². The Morgan fingerprint density at radius 3 is 2.70 bits per heavy atom. The van der Waals surface area contributed by atoms with E-state index < -0.39 is 0 Å². The standard InChI is InChI=1S/C8H15NO/c1-7-2-3-9-4-8(7)5-10-6-8/h7,9H,2-6H2,1H3. The highest BCUT2D eigenvalue weighted by Gasteiger charge is 2.44. The molecular formula is C8H15NO. The Morgan fingerprint density at radius 2 is 2.30 bits per heavy atom. The van der Waals surface area contributed by atoms with Gasteiger partial charge in [-0.25, -0.2) is 0 Å². The second kappa shape index (κ2) is 2.21. The van der Waals surface area contributed by atoms with Crippen molar-refractivity contribution < 1.29 is 4.74 Å². The van der Waals surface area contributed by atoms with Gasteiger partial charge in [0.1, 0.15) is 0 Å².